The number of nitrogens with zero attached hydrogens (tertiary/aromatic N) is 1. The van der Waals surface area contributed by atoms with E-state index in [9.17, 15) is 0 Å². The van der Waals surface area contributed by atoms with Gasteiger partial charge in [0, 0.05) is 18.9 Å². The molecule has 0 atom stereocenters. The van der Waals surface area contributed by atoms with Crippen LogP contribution in [-0.4, -0.2) is 16.5 Å². The van der Waals surface area contributed by atoms with Crippen molar-refractivity contribution in [2.24, 2.45) is 0 Å². The first kappa shape index (κ1) is 8.01. The fourth-order valence-corrected chi connectivity index (χ4v) is 0.786. The van der Waals surface area contributed by atoms with Gasteiger partial charge in [0.2, 0.25) is 0 Å². The van der Waals surface area contributed by atoms with Crippen LogP contribution in [0, 0.1) is 0 Å². The first-order chi connectivity index (χ1) is 5.43. The number of hydrogen-bond donors (Lipinski definition) is 2. The molecule has 0 aliphatic rings. The van der Waals surface area contributed by atoms with Crippen LogP contribution in [0.15, 0.2) is 24.5 Å². The van der Waals surface area contributed by atoms with Crippen LogP contribution in [0.3, 0.4) is 0 Å². The Hall–Kier alpha value is -1.09. The molecule has 0 radical (unpaired) electrons. The molecule has 0 amide bonds. The molecule has 1 rings (SSSR count). The molecule has 0 unspecified atom stereocenters. The lowest BCUT2D eigenvalue weighted by Crippen LogP contribution is -2.13. The molecule has 3 nitrogen and oxygen atoms in total. The van der Waals surface area contributed by atoms with Crippen LogP contribution in [0.4, 0.5) is 0 Å². The Morgan fingerprint density at radius 1 is 1.73 bits per heavy atom. The Morgan fingerprint density at radius 2 is 2.64 bits per heavy atom. The monoisotopic (exact) mass is 151 g/mol. The molecule has 3 heteroatoms. The summed E-state index contributed by atoms with van der Waals surface area (Å²) in [6.45, 7) is 3.71. The summed E-state index contributed by atoms with van der Waals surface area (Å²) in [5.74, 6) is 0.981. The number of allylic oxidation sites excluding steroid dienone is 1. The molecular formula is C8H13N3. The summed E-state index contributed by atoms with van der Waals surface area (Å²) in [7, 11) is 0. The van der Waals surface area contributed by atoms with E-state index in [-0.39, 0.29) is 0 Å². The fraction of sp³-hybridized carbons (Fsp3) is 0.375. The van der Waals surface area contributed by atoms with Crippen molar-refractivity contribution in [2.45, 2.75) is 13.5 Å². The number of rotatable bonds is 4. The van der Waals surface area contributed by atoms with Gasteiger partial charge in [-0.25, -0.2) is 4.98 Å². The van der Waals surface area contributed by atoms with Crippen molar-refractivity contribution in [1.29, 1.82) is 0 Å². The second-order valence-corrected chi connectivity index (χ2v) is 2.24. The standard InChI is InChI=1S/C8H13N3/c1-2-3-4-9-7-8-10-5-6-11-8/h2-3,5-6,9H,4,7H2,1H3,(H,10,11)/b3-2+. The molecule has 0 saturated heterocycles. The molecule has 60 valence electrons. The van der Waals surface area contributed by atoms with E-state index in [1.165, 1.54) is 0 Å². The highest BCUT2D eigenvalue weighted by atomic mass is 15.0. The largest absolute Gasteiger partial charge is 0.348 e. The number of H-pyrrole nitrogens is 1. The minimum Gasteiger partial charge on any atom is -0.348 e. The molecule has 1 heterocycles. The Labute approximate surface area is 66.5 Å². The van der Waals surface area contributed by atoms with E-state index in [4.69, 9.17) is 0 Å². The number of nitrogens with one attached hydrogen (secondary N) is 2. The maximum Gasteiger partial charge on any atom is 0.120 e. The van der Waals surface area contributed by atoms with Gasteiger partial charge >= 0.3 is 0 Å². The van der Waals surface area contributed by atoms with Crippen molar-refractivity contribution in [3.05, 3.63) is 30.4 Å². The summed E-state index contributed by atoms with van der Waals surface area (Å²) in [5, 5.41) is 3.21. The third kappa shape index (κ3) is 3.00. The third-order valence-electron chi connectivity index (χ3n) is 1.35. The minimum atomic E-state index is 0.803. The lowest BCUT2D eigenvalue weighted by molar-refractivity contribution is 0.725. The van der Waals surface area contributed by atoms with E-state index < -0.39 is 0 Å². The molecule has 1 aromatic heterocycles. The number of aromatic nitrogens is 2. The van der Waals surface area contributed by atoms with E-state index in [0.29, 0.717) is 0 Å². The normalized spacial score (nSPS) is 11.0. The van der Waals surface area contributed by atoms with Gasteiger partial charge in [-0.15, -0.1) is 0 Å². The minimum absolute atomic E-state index is 0.803. The Balaban J connectivity index is 2.14. The highest BCUT2D eigenvalue weighted by Gasteiger charge is 1.89. The average molecular weight is 151 g/mol. The second-order valence-electron chi connectivity index (χ2n) is 2.24. The number of aromatic amines is 1. The molecule has 0 fully saturated rings. The fourth-order valence-electron chi connectivity index (χ4n) is 0.786. The molecule has 0 aliphatic carbocycles. The zero-order valence-electron chi connectivity index (χ0n) is 6.67. The van der Waals surface area contributed by atoms with Crippen molar-refractivity contribution in [3.8, 4) is 0 Å². The van der Waals surface area contributed by atoms with Gasteiger partial charge in [0.25, 0.3) is 0 Å². The van der Waals surface area contributed by atoms with Crippen LogP contribution in [-0.2, 0) is 6.54 Å². The van der Waals surface area contributed by atoms with E-state index >= 15 is 0 Å². The molecular weight excluding hydrogens is 138 g/mol. The summed E-state index contributed by atoms with van der Waals surface area (Å²) < 4.78 is 0. The summed E-state index contributed by atoms with van der Waals surface area (Å²) in [6, 6.07) is 0. The van der Waals surface area contributed by atoms with Crippen LogP contribution in [0.1, 0.15) is 12.7 Å². The molecule has 0 saturated carbocycles. The van der Waals surface area contributed by atoms with E-state index in [0.717, 1.165) is 18.9 Å². The third-order valence-corrected chi connectivity index (χ3v) is 1.35. The summed E-state index contributed by atoms with van der Waals surface area (Å²) in [6.07, 6.45) is 7.68. The van der Waals surface area contributed by atoms with Crippen molar-refractivity contribution in [2.75, 3.05) is 6.54 Å². The lowest BCUT2D eigenvalue weighted by atomic mass is 10.5. The predicted molar refractivity (Wildman–Crippen MR) is 45.1 cm³/mol. The van der Waals surface area contributed by atoms with Crippen LogP contribution >= 0.6 is 0 Å². The average Bonchev–Trinajstić information content (AvgIpc) is 2.50. The van der Waals surface area contributed by atoms with Crippen LogP contribution < -0.4 is 5.32 Å². The van der Waals surface area contributed by atoms with E-state index in [1.54, 1.807) is 6.20 Å². The molecule has 0 aliphatic heterocycles. The van der Waals surface area contributed by atoms with Gasteiger partial charge in [0.15, 0.2) is 0 Å². The van der Waals surface area contributed by atoms with Gasteiger partial charge in [-0.05, 0) is 6.92 Å². The second kappa shape index (κ2) is 4.68. The van der Waals surface area contributed by atoms with Gasteiger partial charge in [-0.3, -0.25) is 0 Å². The van der Waals surface area contributed by atoms with E-state index in [2.05, 4.69) is 21.4 Å². The summed E-state index contributed by atoms with van der Waals surface area (Å²) in [4.78, 5) is 7.09. The molecule has 0 spiro atoms. The first-order valence-electron chi connectivity index (χ1n) is 3.73. The number of hydrogen-bond acceptors (Lipinski definition) is 2. The van der Waals surface area contributed by atoms with Crippen molar-refractivity contribution in [3.63, 3.8) is 0 Å². The Bertz CT molecular complexity index is 201. The van der Waals surface area contributed by atoms with Crippen molar-refractivity contribution < 1.29 is 0 Å². The van der Waals surface area contributed by atoms with Gasteiger partial charge in [-0.2, -0.15) is 0 Å². The molecule has 0 aromatic carbocycles. The van der Waals surface area contributed by atoms with Gasteiger partial charge in [0.05, 0.1) is 6.54 Å². The van der Waals surface area contributed by atoms with E-state index in [1.807, 2.05) is 19.2 Å². The van der Waals surface area contributed by atoms with Crippen LogP contribution in [0.5, 0.6) is 0 Å². The van der Waals surface area contributed by atoms with Crippen LogP contribution in [0.2, 0.25) is 0 Å². The van der Waals surface area contributed by atoms with Gasteiger partial charge in [-0.1, -0.05) is 12.2 Å². The Morgan fingerprint density at radius 3 is 3.27 bits per heavy atom. The highest BCUT2D eigenvalue weighted by Crippen LogP contribution is 1.85. The van der Waals surface area contributed by atoms with Crippen molar-refractivity contribution in [1.82, 2.24) is 15.3 Å². The number of imidazole rings is 1. The van der Waals surface area contributed by atoms with Gasteiger partial charge < -0.3 is 10.3 Å². The van der Waals surface area contributed by atoms with Crippen LogP contribution in [0.25, 0.3) is 0 Å². The SMILES string of the molecule is C/C=C/CNCc1ncc[nH]1. The smallest absolute Gasteiger partial charge is 0.120 e. The lowest BCUT2D eigenvalue weighted by Gasteiger charge is -1.95. The molecule has 2 N–H and O–H groups in total. The molecule has 1 aromatic rings. The van der Waals surface area contributed by atoms with Crippen molar-refractivity contribution >= 4 is 0 Å². The molecule has 0 bridgehead atoms. The zero-order valence-corrected chi connectivity index (χ0v) is 6.67. The maximum atomic E-state index is 4.07. The highest BCUT2D eigenvalue weighted by molar-refractivity contribution is 4.87. The zero-order chi connectivity index (χ0) is 7.94. The predicted octanol–water partition coefficient (Wildman–Crippen LogP) is 1.08. The first-order valence-corrected chi connectivity index (χ1v) is 3.73. The maximum absolute atomic E-state index is 4.07. The summed E-state index contributed by atoms with van der Waals surface area (Å²) >= 11 is 0. The molecule has 11 heavy (non-hydrogen) atoms. The topological polar surface area (TPSA) is 40.7 Å². The Kier molecular flexibility index (Phi) is 3.41. The summed E-state index contributed by atoms with van der Waals surface area (Å²) in [5.41, 5.74) is 0. The van der Waals surface area contributed by atoms with Gasteiger partial charge in [0.1, 0.15) is 5.82 Å². The quantitative estimate of drug-likeness (QED) is 0.499.